The first kappa shape index (κ1) is 19.8. The SMILES string of the molecule is CCCCC(=O)c1cccc(Nc2nccc(Nc3ccc4c(c3)C=C(C)C4)n2)c1. The molecular formula is C25H26N4O. The molecule has 0 bridgehead atoms. The number of fused-ring (bicyclic) bond motifs is 1. The van der Waals surface area contributed by atoms with Crippen molar-refractivity contribution in [1.29, 1.82) is 0 Å². The molecule has 0 fully saturated rings. The molecule has 0 unspecified atom stereocenters. The zero-order chi connectivity index (χ0) is 20.9. The summed E-state index contributed by atoms with van der Waals surface area (Å²) in [5.74, 6) is 1.36. The fraction of sp³-hybridized carbons (Fsp3) is 0.240. The van der Waals surface area contributed by atoms with Gasteiger partial charge in [0.15, 0.2) is 5.78 Å². The van der Waals surface area contributed by atoms with Crippen molar-refractivity contribution in [1.82, 2.24) is 9.97 Å². The number of Topliss-reactive ketones (excluding diaryl/α,β-unsaturated/α-hetero) is 1. The summed E-state index contributed by atoms with van der Waals surface area (Å²) in [5.41, 5.74) is 6.50. The molecule has 2 N–H and O–H groups in total. The number of carbonyl (C=O) groups is 1. The van der Waals surface area contributed by atoms with Gasteiger partial charge in [0.1, 0.15) is 5.82 Å². The molecule has 152 valence electrons. The Bertz CT molecular complexity index is 1100. The third-order valence-corrected chi connectivity index (χ3v) is 5.14. The molecule has 30 heavy (non-hydrogen) atoms. The molecule has 5 nitrogen and oxygen atoms in total. The lowest BCUT2D eigenvalue weighted by molar-refractivity contribution is 0.0980. The Hall–Kier alpha value is -3.47. The first-order valence-electron chi connectivity index (χ1n) is 10.4. The van der Waals surface area contributed by atoms with Crippen molar-refractivity contribution in [3.05, 3.63) is 77.0 Å². The number of nitrogens with zero attached hydrogens (tertiary/aromatic N) is 2. The summed E-state index contributed by atoms with van der Waals surface area (Å²) in [6, 6.07) is 15.7. The van der Waals surface area contributed by atoms with Crippen LogP contribution in [0.1, 0.15) is 54.6 Å². The van der Waals surface area contributed by atoms with Crippen LogP contribution in [0.4, 0.5) is 23.1 Å². The van der Waals surface area contributed by atoms with Crippen molar-refractivity contribution in [2.24, 2.45) is 0 Å². The molecule has 1 aliphatic carbocycles. The summed E-state index contributed by atoms with van der Waals surface area (Å²) >= 11 is 0. The van der Waals surface area contributed by atoms with Gasteiger partial charge in [0.2, 0.25) is 5.95 Å². The number of rotatable bonds is 8. The van der Waals surface area contributed by atoms with Crippen LogP contribution in [0.25, 0.3) is 6.08 Å². The average molecular weight is 399 g/mol. The van der Waals surface area contributed by atoms with E-state index in [1.165, 1.54) is 16.7 Å². The molecule has 0 saturated carbocycles. The minimum absolute atomic E-state index is 0.165. The number of ketones is 1. The Morgan fingerprint density at radius 1 is 1.07 bits per heavy atom. The van der Waals surface area contributed by atoms with E-state index < -0.39 is 0 Å². The number of nitrogens with one attached hydrogen (secondary N) is 2. The van der Waals surface area contributed by atoms with Crippen LogP contribution in [0.3, 0.4) is 0 Å². The molecular weight excluding hydrogens is 372 g/mol. The van der Waals surface area contributed by atoms with Crippen molar-refractivity contribution < 1.29 is 4.79 Å². The van der Waals surface area contributed by atoms with Gasteiger partial charge >= 0.3 is 0 Å². The normalized spacial score (nSPS) is 12.3. The van der Waals surface area contributed by atoms with Crippen LogP contribution in [-0.4, -0.2) is 15.8 Å². The van der Waals surface area contributed by atoms with E-state index in [1.807, 2.05) is 30.3 Å². The number of carbonyl (C=O) groups excluding carboxylic acids is 1. The Morgan fingerprint density at radius 2 is 1.93 bits per heavy atom. The van der Waals surface area contributed by atoms with E-state index in [2.05, 4.69) is 58.7 Å². The topological polar surface area (TPSA) is 66.9 Å². The highest BCUT2D eigenvalue weighted by atomic mass is 16.1. The van der Waals surface area contributed by atoms with Gasteiger partial charge in [0, 0.05) is 29.6 Å². The van der Waals surface area contributed by atoms with Gasteiger partial charge in [-0.3, -0.25) is 4.79 Å². The van der Waals surface area contributed by atoms with Crippen LogP contribution in [0.5, 0.6) is 0 Å². The van der Waals surface area contributed by atoms with Gasteiger partial charge in [-0.2, -0.15) is 4.98 Å². The maximum absolute atomic E-state index is 12.3. The lowest BCUT2D eigenvalue weighted by Crippen LogP contribution is -2.02. The van der Waals surface area contributed by atoms with E-state index in [4.69, 9.17) is 0 Å². The zero-order valence-corrected chi connectivity index (χ0v) is 17.4. The van der Waals surface area contributed by atoms with Crippen molar-refractivity contribution >= 4 is 35.0 Å². The summed E-state index contributed by atoms with van der Waals surface area (Å²) in [6.45, 7) is 4.24. The fourth-order valence-corrected chi connectivity index (χ4v) is 3.60. The fourth-order valence-electron chi connectivity index (χ4n) is 3.60. The van der Waals surface area contributed by atoms with Gasteiger partial charge in [-0.1, -0.05) is 43.2 Å². The van der Waals surface area contributed by atoms with Gasteiger partial charge in [0.05, 0.1) is 0 Å². The second-order valence-corrected chi connectivity index (χ2v) is 7.70. The molecule has 5 heteroatoms. The van der Waals surface area contributed by atoms with E-state index in [0.717, 1.165) is 30.6 Å². The quantitative estimate of drug-likeness (QED) is 0.436. The van der Waals surface area contributed by atoms with E-state index in [1.54, 1.807) is 6.20 Å². The van der Waals surface area contributed by atoms with Crippen LogP contribution in [-0.2, 0) is 6.42 Å². The highest BCUT2D eigenvalue weighted by Crippen LogP contribution is 2.28. The Morgan fingerprint density at radius 3 is 2.80 bits per heavy atom. The molecule has 1 heterocycles. The maximum atomic E-state index is 12.3. The third-order valence-electron chi connectivity index (χ3n) is 5.14. The molecule has 0 atom stereocenters. The van der Waals surface area contributed by atoms with Crippen LogP contribution < -0.4 is 10.6 Å². The van der Waals surface area contributed by atoms with Crippen molar-refractivity contribution in [2.45, 2.75) is 39.5 Å². The summed E-state index contributed by atoms with van der Waals surface area (Å²) in [6.07, 6.45) is 7.46. The molecule has 0 aliphatic heterocycles. The number of anilines is 4. The number of unbranched alkanes of at least 4 members (excludes halogenated alkanes) is 1. The number of allylic oxidation sites excluding steroid dienone is 1. The van der Waals surface area contributed by atoms with Crippen molar-refractivity contribution in [3.63, 3.8) is 0 Å². The van der Waals surface area contributed by atoms with E-state index in [0.29, 0.717) is 23.8 Å². The largest absolute Gasteiger partial charge is 0.340 e. The molecule has 0 amide bonds. The summed E-state index contributed by atoms with van der Waals surface area (Å²) < 4.78 is 0. The molecule has 3 aromatic rings. The lowest BCUT2D eigenvalue weighted by atomic mass is 10.1. The molecule has 0 saturated heterocycles. The second kappa shape index (κ2) is 8.91. The van der Waals surface area contributed by atoms with Crippen LogP contribution in [0, 0.1) is 0 Å². The Balaban J connectivity index is 1.47. The van der Waals surface area contributed by atoms with E-state index in [-0.39, 0.29) is 5.78 Å². The van der Waals surface area contributed by atoms with Gasteiger partial charge in [-0.05, 0) is 61.2 Å². The molecule has 4 rings (SSSR count). The third kappa shape index (κ3) is 4.74. The number of benzene rings is 2. The molecule has 1 aromatic heterocycles. The molecule has 0 radical (unpaired) electrons. The number of hydrogen-bond acceptors (Lipinski definition) is 5. The summed E-state index contributed by atoms with van der Waals surface area (Å²) in [5, 5.41) is 6.56. The Kier molecular flexibility index (Phi) is 5.89. The monoisotopic (exact) mass is 398 g/mol. The first-order chi connectivity index (χ1) is 14.6. The highest BCUT2D eigenvalue weighted by molar-refractivity contribution is 5.97. The van der Waals surface area contributed by atoms with E-state index in [9.17, 15) is 4.79 Å². The smallest absolute Gasteiger partial charge is 0.229 e. The predicted octanol–water partition coefficient (Wildman–Crippen LogP) is 6.30. The molecule has 0 spiro atoms. The summed E-state index contributed by atoms with van der Waals surface area (Å²) in [4.78, 5) is 21.2. The van der Waals surface area contributed by atoms with Gasteiger partial charge in [-0.15, -0.1) is 0 Å². The standard InChI is InChI=1S/C25H26N4O/c1-3-4-8-23(30)19-6-5-7-21(15-19)28-25-26-12-11-24(29-25)27-22-10-9-18-13-17(2)14-20(18)16-22/h5-7,9-12,14-16H,3-4,8,13H2,1-2H3,(H2,26,27,28,29). The number of hydrogen-bond donors (Lipinski definition) is 2. The van der Waals surface area contributed by atoms with E-state index >= 15 is 0 Å². The second-order valence-electron chi connectivity index (χ2n) is 7.70. The lowest BCUT2D eigenvalue weighted by Gasteiger charge is -2.10. The average Bonchev–Trinajstić information content (AvgIpc) is 3.12. The van der Waals surface area contributed by atoms with Crippen LogP contribution in [0.15, 0.2) is 60.3 Å². The summed E-state index contributed by atoms with van der Waals surface area (Å²) in [7, 11) is 0. The molecule has 2 aromatic carbocycles. The van der Waals surface area contributed by atoms with Crippen molar-refractivity contribution in [2.75, 3.05) is 10.6 Å². The van der Waals surface area contributed by atoms with Gasteiger partial charge in [0.25, 0.3) is 0 Å². The first-order valence-corrected chi connectivity index (χ1v) is 10.4. The highest BCUT2D eigenvalue weighted by Gasteiger charge is 2.11. The predicted molar refractivity (Wildman–Crippen MR) is 123 cm³/mol. The minimum Gasteiger partial charge on any atom is -0.340 e. The molecule has 1 aliphatic rings. The van der Waals surface area contributed by atoms with Crippen LogP contribution >= 0.6 is 0 Å². The maximum Gasteiger partial charge on any atom is 0.229 e. The number of aromatic nitrogens is 2. The van der Waals surface area contributed by atoms with Crippen molar-refractivity contribution in [3.8, 4) is 0 Å². The van der Waals surface area contributed by atoms with Gasteiger partial charge < -0.3 is 10.6 Å². The zero-order valence-electron chi connectivity index (χ0n) is 17.4. The Labute approximate surface area is 177 Å². The van der Waals surface area contributed by atoms with Gasteiger partial charge in [-0.25, -0.2) is 4.98 Å². The minimum atomic E-state index is 0.165. The van der Waals surface area contributed by atoms with Crippen LogP contribution in [0.2, 0.25) is 0 Å².